The Hall–Kier alpha value is -1.64. The fourth-order valence-corrected chi connectivity index (χ4v) is 2.84. The third kappa shape index (κ3) is 6.86. The molecule has 0 saturated heterocycles. The van der Waals surface area contributed by atoms with Crippen LogP contribution in [-0.2, 0) is 13.1 Å². The predicted octanol–water partition coefficient (Wildman–Crippen LogP) is 4.86. The van der Waals surface area contributed by atoms with Crippen molar-refractivity contribution in [1.29, 1.82) is 0 Å². The first kappa shape index (κ1) is 18.7. The van der Waals surface area contributed by atoms with Crippen LogP contribution >= 0.6 is 0 Å². The lowest BCUT2D eigenvalue weighted by atomic mass is 10.1. The first-order valence-electron chi connectivity index (χ1n) is 9.01. The van der Waals surface area contributed by atoms with Crippen molar-refractivity contribution in [3.63, 3.8) is 0 Å². The van der Waals surface area contributed by atoms with Crippen molar-refractivity contribution in [3.05, 3.63) is 71.8 Å². The van der Waals surface area contributed by atoms with E-state index in [1.165, 1.54) is 11.1 Å². The molecule has 0 saturated carbocycles. The Kier molecular flexibility index (Phi) is 7.01. The fraction of sp³-hybridized carbons (Fsp3) is 0.455. The van der Waals surface area contributed by atoms with Gasteiger partial charge in [-0.3, -0.25) is 4.90 Å². The van der Waals surface area contributed by atoms with Crippen molar-refractivity contribution in [2.24, 2.45) is 0 Å². The molecule has 24 heavy (non-hydrogen) atoms. The average molecular weight is 325 g/mol. The maximum Gasteiger partial charge on any atom is 0.0240 e. The molecular weight excluding hydrogens is 292 g/mol. The summed E-state index contributed by atoms with van der Waals surface area (Å²) in [6.45, 7) is 12.1. The molecule has 0 heterocycles. The molecule has 0 radical (unpaired) electrons. The van der Waals surface area contributed by atoms with Gasteiger partial charge in [-0.05, 0) is 51.8 Å². The lowest BCUT2D eigenvalue weighted by molar-refractivity contribution is 0.178. The zero-order valence-corrected chi connectivity index (χ0v) is 15.6. The van der Waals surface area contributed by atoms with Crippen molar-refractivity contribution in [2.45, 2.75) is 58.8 Å². The molecular formula is C22H32N2. The normalized spacial score (nSPS) is 13.2. The number of nitrogens with zero attached hydrogens (tertiary/aromatic N) is 1. The lowest BCUT2D eigenvalue weighted by Crippen LogP contribution is -2.40. The van der Waals surface area contributed by atoms with Crippen LogP contribution in [0.5, 0.6) is 0 Å². The van der Waals surface area contributed by atoms with Crippen molar-refractivity contribution in [1.82, 2.24) is 10.2 Å². The molecule has 2 heteroatoms. The molecule has 1 N–H and O–H groups in total. The highest BCUT2D eigenvalue weighted by atomic mass is 15.1. The minimum Gasteiger partial charge on any atom is -0.312 e. The summed E-state index contributed by atoms with van der Waals surface area (Å²) in [4.78, 5) is 2.58. The second-order valence-corrected chi connectivity index (χ2v) is 7.69. The van der Waals surface area contributed by atoms with E-state index in [0.717, 1.165) is 26.1 Å². The standard InChI is InChI=1S/C22H32N2/c1-19(15-16-23-22(2,3)4)24(17-20-11-7-5-8-12-20)18-21-13-9-6-10-14-21/h5-14,19,23H,15-18H2,1-4H3. The maximum absolute atomic E-state index is 3.61. The molecule has 2 rings (SSSR count). The minimum absolute atomic E-state index is 0.184. The summed E-state index contributed by atoms with van der Waals surface area (Å²) in [6.07, 6.45) is 1.15. The van der Waals surface area contributed by atoms with Gasteiger partial charge in [0.15, 0.2) is 0 Å². The summed E-state index contributed by atoms with van der Waals surface area (Å²) in [7, 11) is 0. The summed E-state index contributed by atoms with van der Waals surface area (Å²) in [6, 6.07) is 22.1. The second-order valence-electron chi connectivity index (χ2n) is 7.69. The molecule has 0 fully saturated rings. The van der Waals surface area contributed by atoms with Gasteiger partial charge in [0, 0.05) is 24.7 Å². The largest absolute Gasteiger partial charge is 0.312 e. The van der Waals surface area contributed by atoms with E-state index in [4.69, 9.17) is 0 Å². The van der Waals surface area contributed by atoms with E-state index in [-0.39, 0.29) is 5.54 Å². The molecule has 0 spiro atoms. The molecule has 2 aromatic carbocycles. The van der Waals surface area contributed by atoms with Crippen LogP contribution in [0.15, 0.2) is 60.7 Å². The van der Waals surface area contributed by atoms with E-state index in [9.17, 15) is 0 Å². The third-order valence-electron chi connectivity index (χ3n) is 4.30. The van der Waals surface area contributed by atoms with E-state index in [0.29, 0.717) is 6.04 Å². The maximum atomic E-state index is 3.61. The van der Waals surface area contributed by atoms with Crippen LogP contribution in [0.1, 0.15) is 45.2 Å². The Morgan fingerprint density at radius 1 is 0.833 bits per heavy atom. The summed E-state index contributed by atoms with van der Waals surface area (Å²) >= 11 is 0. The van der Waals surface area contributed by atoms with Crippen LogP contribution in [0.4, 0.5) is 0 Å². The van der Waals surface area contributed by atoms with Crippen molar-refractivity contribution in [3.8, 4) is 0 Å². The molecule has 1 unspecified atom stereocenters. The molecule has 2 nitrogen and oxygen atoms in total. The van der Waals surface area contributed by atoms with E-state index >= 15 is 0 Å². The van der Waals surface area contributed by atoms with Crippen LogP contribution in [0.3, 0.4) is 0 Å². The Bertz CT molecular complexity index is 530. The molecule has 0 aromatic heterocycles. The van der Waals surface area contributed by atoms with Gasteiger partial charge < -0.3 is 5.32 Å². The fourth-order valence-electron chi connectivity index (χ4n) is 2.84. The SMILES string of the molecule is CC(CCNC(C)(C)C)N(Cc1ccccc1)Cc1ccccc1. The van der Waals surface area contributed by atoms with Crippen LogP contribution in [0.25, 0.3) is 0 Å². The second kappa shape index (κ2) is 9.00. The monoisotopic (exact) mass is 324 g/mol. The smallest absolute Gasteiger partial charge is 0.0240 e. The number of hydrogen-bond acceptors (Lipinski definition) is 2. The topological polar surface area (TPSA) is 15.3 Å². The van der Waals surface area contributed by atoms with E-state index < -0.39 is 0 Å². The minimum atomic E-state index is 0.184. The van der Waals surface area contributed by atoms with Gasteiger partial charge in [-0.15, -0.1) is 0 Å². The van der Waals surface area contributed by atoms with Crippen molar-refractivity contribution in [2.75, 3.05) is 6.54 Å². The Morgan fingerprint density at radius 3 is 1.71 bits per heavy atom. The molecule has 0 aliphatic rings. The number of hydrogen-bond donors (Lipinski definition) is 1. The van der Waals surface area contributed by atoms with E-state index in [1.54, 1.807) is 0 Å². The van der Waals surface area contributed by atoms with Gasteiger partial charge in [-0.1, -0.05) is 60.7 Å². The highest BCUT2D eigenvalue weighted by molar-refractivity contribution is 5.17. The predicted molar refractivity (Wildman–Crippen MR) is 104 cm³/mol. The van der Waals surface area contributed by atoms with Crippen molar-refractivity contribution < 1.29 is 0 Å². The number of rotatable bonds is 8. The first-order chi connectivity index (χ1) is 11.4. The van der Waals surface area contributed by atoms with Gasteiger partial charge in [-0.2, -0.15) is 0 Å². The van der Waals surface area contributed by atoms with Gasteiger partial charge >= 0.3 is 0 Å². The number of nitrogens with one attached hydrogen (secondary N) is 1. The quantitative estimate of drug-likeness (QED) is 0.746. The van der Waals surface area contributed by atoms with Gasteiger partial charge in [0.05, 0.1) is 0 Å². The van der Waals surface area contributed by atoms with Gasteiger partial charge in [0.1, 0.15) is 0 Å². The lowest BCUT2D eigenvalue weighted by Gasteiger charge is -2.31. The molecule has 0 bridgehead atoms. The Balaban J connectivity index is 2.01. The Morgan fingerprint density at radius 2 is 1.29 bits per heavy atom. The van der Waals surface area contributed by atoms with Crippen LogP contribution in [0.2, 0.25) is 0 Å². The summed E-state index contributed by atoms with van der Waals surface area (Å²) < 4.78 is 0. The number of benzene rings is 2. The zero-order valence-electron chi connectivity index (χ0n) is 15.6. The zero-order chi connectivity index (χ0) is 17.4. The van der Waals surface area contributed by atoms with Crippen LogP contribution < -0.4 is 5.32 Å². The highest BCUT2D eigenvalue weighted by Crippen LogP contribution is 2.15. The molecule has 1 atom stereocenters. The summed E-state index contributed by atoms with van der Waals surface area (Å²) in [5.74, 6) is 0. The van der Waals surface area contributed by atoms with Crippen LogP contribution in [-0.4, -0.2) is 23.0 Å². The summed E-state index contributed by atoms with van der Waals surface area (Å²) in [5.41, 5.74) is 2.94. The molecule has 0 amide bonds. The first-order valence-corrected chi connectivity index (χ1v) is 9.01. The third-order valence-corrected chi connectivity index (χ3v) is 4.30. The van der Waals surface area contributed by atoms with Crippen molar-refractivity contribution >= 4 is 0 Å². The molecule has 2 aromatic rings. The molecule has 0 aliphatic heterocycles. The highest BCUT2D eigenvalue weighted by Gasteiger charge is 2.16. The van der Waals surface area contributed by atoms with E-state index in [2.05, 4.69) is 98.6 Å². The molecule has 0 aliphatic carbocycles. The van der Waals surface area contributed by atoms with E-state index in [1.807, 2.05) is 0 Å². The summed E-state index contributed by atoms with van der Waals surface area (Å²) in [5, 5.41) is 3.61. The average Bonchev–Trinajstić information content (AvgIpc) is 2.55. The van der Waals surface area contributed by atoms with Gasteiger partial charge in [0.2, 0.25) is 0 Å². The Labute approximate surface area is 147 Å². The van der Waals surface area contributed by atoms with Crippen LogP contribution in [0, 0.1) is 0 Å². The van der Waals surface area contributed by atoms with Gasteiger partial charge in [-0.25, -0.2) is 0 Å². The molecule has 130 valence electrons. The van der Waals surface area contributed by atoms with Gasteiger partial charge in [0.25, 0.3) is 0 Å².